The molecule has 0 aliphatic rings. The molecule has 0 aromatic heterocycles. The van der Waals surface area contributed by atoms with E-state index in [-0.39, 0.29) is 23.8 Å². The average molecular weight is 428 g/mol. The van der Waals surface area contributed by atoms with Gasteiger partial charge in [-0.15, -0.1) is 0 Å². The molecule has 0 saturated carbocycles. The van der Waals surface area contributed by atoms with E-state index in [2.05, 4.69) is 14.8 Å². The van der Waals surface area contributed by atoms with Gasteiger partial charge < -0.3 is 14.8 Å². The molecule has 0 saturated heterocycles. The Balaban J connectivity index is 3.05. The number of carbonyl (C=O) groups is 4. The van der Waals surface area contributed by atoms with Gasteiger partial charge in [-0.05, 0) is 38.1 Å². The standard InChI is InChI=1S/C16H20N4O8S/c1-3-27-15(23)19-13(21)12(14(22)20-16(24)28-4-2)9-18-10-5-7-11(8-6-10)29(17,25)26/h5-9,18H,3-4H2,1-2H3,(H2,17,25,26)(H,19,21,23)(H,20,22,24). The zero-order valence-corrected chi connectivity index (χ0v) is 16.4. The first-order valence-corrected chi connectivity index (χ1v) is 9.68. The van der Waals surface area contributed by atoms with Crippen molar-refractivity contribution in [1.29, 1.82) is 0 Å². The molecule has 0 aliphatic carbocycles. The molecular formula is C16H20N4O8S. The highest BCUT2D eigenvalue weighted by Crippen LogP contribution is 2.13. The summed E-state index contributed by atoms with van der Waals surface area (Å²) in [6.45, 7) is 3.01. The van der Waals surface area contributed by atoms with Crippen molar-refractivity contribution in [2.24, 2.45) is 5.14 Å². The van der Waals surface area contributed by atoms with Gasteiger partial charge in [-0.3, -0.25) is 20.2 Å². The van der Waals surface area contributed by atoms with E-state index in [0.29, 0.717) is 0 Å². The maximum atomic E-state index is 12.2. The van der Waals surface area contributed by atoms with Crippen LogP contribution in [-0.4, -0.2) is 45.6 Å². The summed E-state index contributed by atoms with van der Waals surface area (Å²) in [5, 5.41) is 11.2. The predicted molar refractivity (Wildman–Crippen MR) is 99.9 cm³/mol. The SMILES string of the molecule is CCOC(=O)NC(=O)C(=CNc1ccc(S(N)(=O)=O)cc1)C(=O)NC(=O)OCC. The molecule has 0 fully saturated rings. The van der Waals surface area contributed by atoms with Gasteiger partial charge in [0.05, 0.1) is 18.1 Å². The van der Waals surface area contributed by atoms with Crippen LogP contribution in [0.3, 0.4) is 0 Å². The second-order valence-corrected chi connectivity index (χ2v) is 6.68. The monoisotopic (exact) mass is 428 g/mol. The van der Waals surface area contributed by atoms with Crippen molar-refractivity contribution >= 4 is 39.7 Å². The molecule has 1 rings (SSSR count). The third-order valence-corrected chi connectivity index (χ3v) is 3.97. The van der Waals surface area contributed by atoms with Crippen molar-refractivity contribution < 1.29 is 37.1 Å². The van der Waals surface area contributed by atoms with Gasteiger partial charge in [0.2, 0.25) is 10.0 Å². The Bertz CT molecular complexity index is 875. The molecule has 0 heterocycles. The number of hydrogen-bond donors (Lipinski definition) is 4. The summed E-state index contributed by atoms with van der Waals surface area (Å²) in [6, 6.07) is 5.03. The van der Waals surface area contributed by atoms with Crippen molar-refractivity contribution in [2.45, 2.75) is 18.7 Å². The number of primary sulfonamides is 1. The van der Waals surface area contributed by atoms with Crippen LogP contribution in [0.5, 0.6) is 0 Å². The number of rotatable bonds is 7. The Kier molecular flexibility index (Phi) is 8.76. The number of anilines is 1. The molecule has 29 heavy (non-hydrogen) atoms. The third kappa shape index (κ3) is 7.98. The molecule has 4 amide bonds. The van der Waals surface area contributed by atoms with Crippen molar-refractivity contribution in [1.82, 2.24) is 10.6 Å². The first kappa shape index (κ1) is 23.6. The summed E-state index contributed by atoms with van der Waals surface area (Å²) in [4.78, 5) is 47.1. The van der Waals surface area contributed by atoms with Gasteiger partial charge in [0.15, 0.2) is 0 Å². The summed E-state index contributed by atoms with van der Waals surface area (Å²) >= 11 is 0. The molecule has 13 heteroatoms. The summed E-state index contributed by atoms with van der Waals surface area (Å²) in [5.74, 6) is -2.31. The number of sulfonamides is 1. The third-order valence-electron chi connectivity index (χ3n) is 3.04. The van der Waals surface area contributed by atoms with Crippen molar-refractivity contribution in [2.75, 3.05) is 18.5 Å². The predicted octanol–water partition coefficient (Wildman–Crippen LogP) is 0.175. The van der Waals surface area contributed by atoms with E-state index in [9.17, 15) is 27.6 Å². The number of alkyl carbamates (subject to hydrolysis) is 2. The largest absolute Gasteiger partial charge is 0.450 e. The molecule has 1 aromatic rings. The van der Waals surface area contributed by atoms with Crippen LogP contribution < -0.4 is 21.1 Å². The molecule has 0 radical (unpaired) electrons. The summed E-state index contributed by atoms with van der Waals surface area (Å²) in [6.07, 6.45) is -1.27. The fourth-order valence-corrected chi connectivity index (χ4v) is 2.30. The number of amides is 4. The lowest BCUT2D eigenvalue weighted by molar-refractivity contribution is -0.122. The molecule has 1 aromatic carbocycles. The zero-order chi connectivity index (χ0) is 22.0. The second kappa shape index (κ2) is 10.8. The number of ether oxygens (including phenoxy) is 2. The number of nitrogens with two attached hydrogens (primary N) is 1. The van der Waals surface area contributed by atoms with E-state index in [1.807, 2.05) is 10.6 Å². The average Bonchev–Trinajstić information content (AvgIpc) is 2.61. The molecule has 0 bridgehead atoms. The highest BCUT2D eigenvalue weighted by atomic mass is 32.2. The minimum atomic E-state index is -3.89. The topological polar surface area (TPSA) is 183 Å². The van der Waals surface area contributed by atoms with Gasteiger partial charge in [0, 0.05) is 11.9 Å². The lowest BCUT2D eigenvalue weighted by atomic mass is 10.2. The Morgan fingerprint density at radius 1 is 0.931 bits per heavy atom. The van der Waals surface area contributed by atoms with Crippen LogP contribution in [-0.2, 0) is 29.1 Å². The van der Waals surface area contributed by atoms with Crippen LogP contribution in [0.2, 0.25) is 0 Å². The minimum Gasteiger partial charge on any atom is -0.450 e. The first-order valence-electron chi connectivity index (χ1n) is 8.14. The highest BCUT2D eigenvalue weighted by molar-refractivity contribution is 7.89. The van der Waals surface area contributed by atoms with E-state index in [1.54, 1.807) is 0 Å². The number of benzene rings is 1. The van der Waals surface area contributed by atoms with Crippen LogP contribution in [0.1, 0.15) is 13.8 Å². The Morgan fingerprint density at radius 3 is 1.76 bits per heavy atom. The van der Waals surface area contributed by atoms with E-state index < -0.39 is 39.6 Å². The lowest BCUT2D eigenvalue weighted by Crippen LogP contribution is -2.40. The fourth-order valence-electron chi connectivity index (χ4n) is 1.78. The number of hydrogen-bond acceptors (Lipinski definition) is 9. The van der Waals surface area contributed by atoms with Gasteiger partial charge in [0.25, 0.3) is 11.8 Å². The molecule has 0 atom stereocenters. The number of carbonyl (C=O) groups excluding carboxylic acids is 4. The van der Waals surface area contributed by atoms with E-state index in [1.165, 1.54) is 38.1 Å². The molecule has 0 aliphatic heterocycles. The number of nitrogens with one attached hydrogen (secondary N) is 3. The summed E-state index contributed by atoms with van der Waals surface area (Å²) in [5.41, 5.74) is -0.371. The van der Waals surface area contributed by atoms with Crippen molar-refractivity contribution in [3.05, 3.63) is 36.0 Å². The van der Waals surface area contributed by atoms with Crippen LogP contribution in [0.4, 0.5) is 15.3 Å². The maximum Gasteiger partial charge on any atom is 0.414 e. The second-order valence-electron chi connectivity index (χ2n) is 5.12. The van der Waals surface area contributed by atoms with Crippen LogP contribution >= 0.6 is 0 Å². The molecule has 5 N–H and O–H groups in total. The first-order chi connectivity index (χ1) is 13.6. The van der Waals surface area contributed by atoms with Crippen molar-refractivity contribution in [3.63, 3.8) is 0 Å². The van der Waals surface area contributed by atoms with Gasteiger partial charge in [-0.25, -0.2) is 23.1 Å². The molecule has 158 valence electrons. The smallest absolute Gasteiger partial charge is 0.414 e. The van der Waals surface area contributed by atoms with Crippen molar-refractivity contribution in [3.8, 4) is 0 Å². The Hall–Kier alpha value is -3.45. The van der Waals surface area contributed by atoms with Gasteiger partial charge in [-0.2, -0.15) is 0 Å². The molecular weight excluding hydrogens is 408 g/mol. The van der Waals surface area contributed by atoms with E-state index in [0.717, 1.165) is 6.20 Å². The maximum absolute atomic E-state index is 12.2. The normalized spacial score (nSPS) is 10.3. The molecule has 0 spiro atoms. The zero-order valence-electron chi connectivity index (χ0n) is 15.6. The quantitative estimate of drug-likeness (QED) is 0.267. The molecule has 12 nitrogen and oxygen atoms in total. The lowest BCUT2D eigenvalue weighted by Gasteiger charge is -2.10. The minimum absolute atomic E-state index is 0.0121. The van der Waals surface area contributed by atoms with Gasteiger partial charge in [0.1, 0.15) is 5.57 Å². The van der Waals surface area contributed by atoms with E-state index in [4.69, 9.17) is 5.14 Å². The van der Waals surface area contributed by atoms with Crippen LogP contribution in [0.15, 0.2) is 40.9 Å². The van der Waals surface area contributed by atoms with Crippen LogP contribution in [0.25, 0.3) is 0 Å². The van der Waals surface area contributed by atoms with Gasteiger partial charge in [-0.1, -0.05) is 0 Å². The molecule has 0 unspecified atom stereocenters. The fraction of sp³-hybridized carbons (Fsp3) is 0.250. The summed E-state index contributed by atoms with van der Waals surface area (Å²) in [7, 11) is -3.89. The van der Waals surface area contributed by atoms with Crippen LogP contribution in [0, 0.1) is 0 Å². The highest BCUT2D eigenvalue weighted by Gasteiger charge is 2.23. The number of imide groups is 2. The van der Waals surface area contributed by atoms with Gasteiger partial charge >= 0.3 is 12.2 Å². The Morgan fingerprint density at radius 2 is 1.38 bits per heavy atom. The van der Waals surface area contributed by atoms with E-state index >= 15 is 0 Å². The Labute approximate surface area is 166 Å². The summed E-state index contributed by atoms with van der Waals surface area (Å²) < 4.78 is 31.6.